The summed E-state index contributed by atoms with van der Waals surface area (Å²) in [5.74, 6) is -0.283. The van der Waals surface area contributed by atoms with Crippen molar-refractivity contribution in [1.82, 2.24) is 4.90 Å². The Morgan fingerprint density at radius 2 is 1.73 bits per heavy atom. The smallest absolute Gasteiger partial charge is 0.266 e. The highest BCUT2D eigenvalue weighted by Crippen LogP contribution is 2.31. The van der Waals surface area contributed by atoms with Crippen LogP contribution in [0.1, 0.15) is 30.0 Å². The Hall–Kier alpha value is -2.20. The van der Waals surface area contributed by atoms with Crippen LogP contribution >= 0.6 is 12.2 Å². The third-order valence-electron chi connectivity index (χ3n) is 3.96. The molecule has 1 heterocycles. The first-order valence-electron chi connectivity index (χ1n) is 7.28. The van der Waals surface area contributed by atoms with Crippen LogP contribution in [0.2, 0.25) is 0 Å². The molecule has 1 amide bonds. The summed E-state index contributed by atoms with van der Waals surface area (Å²) >= 11 is 5.25. The number of hydrogen-bond donors (Lipinski definition) is 0. The molecule has 112 valence electrons. The zero-order chi connectivity index (χ0) is 15.5. The minimum absolute atomic E-state index is 0.0254. The van der Waals surface area contributed by atoms with E-state index in [1.165, 1.54) is 0 Å². The van der Waals surface area contributed by atoms with Gasteiger partial charge in [-0.05, 0) is 30.3 Å². The van der Waals surface area contributed by atoms with E-state index in [1.807, 2.05) is 67.6 Å². The van der Waals surface area contributed by atoms with Crippen LogP contribution in [0.25, 0.3) is 0 Å². The highest BCUT2D eigenvalue weighted by molar-refractivity contribution is 7.80. The van der Waals surface area contributed by atoms with Crippen LogP contribution in [-0.2, 0) is 9.53 Å². The van der Waals surface area contributed by atoms with Gasteiger partial charge < -0.3 is 4.74 Å². The average molecular weight is 311 g/mol. The number of carbonyl (C=O) groups is 1. The van der Waals surface area contributed by atoms with Crippen molar-refractivity contribution in [3.05, 3.63) is 71.8 Å². The second-order valence-corrected chi connectivity index (χ2v) is 5.69. The molecule has 3 rings (SSSR count). The number of rotatable bonds is 3. The van der Waals surface area contributed by atoms with E-state index in [0.29, 0.717) is 6.61 Å². The van der Waals surface area contributed by atoms with Gasteiger partial charge in [-0.2, -0.15) is 0 Å². The second kappa shape index (κ2) is 6.28. The predicted octanol–water partition coefficient (Wildman–Crippen LogP) is 3.68. The molecule has 1 saturated heterocycles. The van der Waals surface area contributed by atoms with Gasteiger partial charge in [-0.3, -0.25) is 9.69 Å². The molecule has 3 nitrogen and oxygen atoms in total. The molecule has 2 aromatic carbocycles. The Labute approximate surface area is 135 Å². The maximum absolute atomic E-state index is 12.9. The minimum Gasteiger partial charge on any atom is -0.468 e. The maximum Gasteiger partial charge on any atom is 0.266 e. The van der Waals surface area contributed by atoms with E-state index in [1.54, 1.807) is 4.90 Å². The van der Waals surface area contributed by atoms with Crippen molar-refractivity contribution >= 4 is 23.3 Å². The van der Waals surface area contributed by atoms with Crippen LogP contribution in [0.3, 0.4) is 0 Å². The van der Waals surface area contributed by atoms with Gasteiger partial charge >= 0.3 is 0 Å². The first-order valence-corrected chi connectivity index (χ1v) is 7.69. The van der Waals surface area contributed by atoms with Crippen LogP contribution in [0, 0.1) is 0 Å². The summed E-state index contributed by atoms with van der Waals surface area (Å²) < 4.78 is 5.48. The lowest BCUT2D eigenvalue weighted by molar-refractivity contribution is -0.129. The van der Waals surface area contributed by atoms with Crippen molar-refractivity contribution < 1.29 is 9.53 Å². The van der Waals surface area contributed by atoms with Gasteiger partial charge in [0.1, 0.15) is 6.61 Å². The zero-order valence-corrected chi connectivity index (χ0v) is 13.1. The molecular formula is C18H17NO2S. The van der Waals surface area contributed by atoms with E-state index in [9.17, 15) is 4.79 Å². The summed E-state index contributed by atoms with van der Waals surface area (Å²) in [6.07, 6.45) is 0. The van der Waals surface area contributed by atoms with E-state index in [0.717, 1.165) is 11.1 Å². The standard InChI is InChI=1S/C18H17NO2S/c1-13(14-8-4-2-5-9-14)17(20)19-16(12-21-18(19)22)15-10-6-3-7-11-15/h2-11,13,16H,12H2,1H3/t13-,16-/m0/s1. The number of ether oxygens (including phenoxy) is 1. The summed E-state index contributed by atoms with van der Waals surface area (Å²) in [5.41, 5.74) is 2.02. The van der Waals surface area contributed by atoms with Crippen molar-refractivity contribution in [3.8, 4) is 0 Å². The summed E-state index contributed by atoms with van der Waals surface area (Å²) in [5, 5.41) is 0.265. The first-order chi connectivity index (χ1) is 10.7. The molecule has 0 aliphatic carbocycles. The van der Waals surface area contributed by atoms with Crippen molar-refractivity contribution in [1.29, 1.82) is 0 Å². The molecule has 2 aromatic rings. The molecule has 1 aliphatic heterocycles. The van der Waals surface area contributed by atoms with Crippen molar-refractivity contribution in [2.75, 3.05) is 6.61 Å². The van der Waals surface area contributed by atoms with Crippen molar-refractivity contribution in [3.63, 3.8) is 0 Å². The molecule has 1 fully saturated rings. The highest BCUT2D eigenvalue weighted by Gasteiger charge is 2.38. The number of nitrogens with zero attached hydrogens (tertiary/aromatic N) is 1. The Bertz CT molecular complexity index is 672. The van der Waals surface area contributed by atoms with E-state index < -0.39 is 0 Å². The van der Waals surface area contributed by atoms with Gasteiger partial charge in [0, 0.05) is 0 Å². The first kappa shape index (κ1) is 14.7. The number of hydrogen-bond acceptors (Lipinski definition) is 3. The van der Waals surface area contributed by atoms with Crippen LogP contribution in [0.4, 0.5) is 0 Å². The summed E-state index contributed by atoms with van der Waals surface area (Å²) in [4.78, 5) is 14.5. The molecule has 0 N–H and O–H groups in total. The van der Waals surface area contributed by atoms with Gasteiger partial charge in [0.15, 0.2) is 0 Å². The van der Waals surface area contributed by atoms with Gasteiger partial charge in [-0.1, -0.05) is 60.7 Å². The van der Waals surface area contributed by atoms with Crippen LogP contribution in [-0.4, -0.2) is 22.6 Å². The number of benzene rings is 2. The molecule has 0 aromatic heterocycles. The monoisotopic (exact) mass is 311 g/mol. The minimum atomic E-state index is -0.257. The summed E-state index contributed by atoms with van der Waals surface area (Å²) in [6.45, 7) is 2.32. The quantitative estimate of drug-likeness (QED) is 0.810. The second-order valence-electron chi connectivity index (χ2n) is 5.34. The fourth-order valence-electron chi connectivity index (χ4n) is 2.68. The Morgan fingerprint density at radius 1 is 1.14 bits per heavy atom. The molecule has 0 radical (unpaired) electrons. The SMILES string of the molecule is C[C@H](C(=O)N1C(=S)OC[C@H]1c1ccccc1)c1ccccc1. The third-order valence-corrected chi connectivity index (χ3v) is 4.28. The lowest BCUT2D eigenvalue weighted by Crippen LogP contribution is -2.36. The zero-order valence-electron chi connectivity index (χ0n) is 12.3. The molecule has 22 heavy (non-hydrogen) atoms. The summed E-state index contributed by atoms with van der Waals surface area (Å²) in [6, 6.07) is 19.4. The highest BCUT2D eigenvalue weighted by atomic mass is 32.1. The van der Waals surface area contributed by atoms with E-state index in [-0.39, 0.29) is 23.0 Å². The molecule has 4 heteroatoms. The van der Waals surface area contributed by atoms with Crippen LogP contribution in [0.5, 0.6) is 0 Å². The molecule has 0 saturated carbocycles. The predicted molar refractivity (Wildman–Crippen MR) is 89.4 cm³/mol. The van der Waals surface area contributed by atoms with Crippen molar-refractivity contribution in [2.24, 2.45) is 0 Å². The molecular weight excluding hydrogens is 294 g/mol. The topological polar surface area (TPSA) is 29.5 Å². The molecule has 0 bridgehead atoms. The van der Waals surface area contributed by atoms with E-state index in [4.69, 9.17) is 17.0 Å². The van der Waals surface area contributed by atoms with Crippen LogP contribution in [0.15, 0.2) is 60.7 Å². The Kier molecular flexibility index (Phi) is 4.20. The average Bonchev–Trinajstić information content (AvgIpc) is 2.96. The number of amides is 1. The molecule has 0 spiro atoms. The largest absolute Gasteiger partial charge is 0.468 e. The fourth-order valence-corrected chi connectivity index (χ4v) is 2.96. The van der Waals surface area contributed by atoms with Gasteiger partial charge in [0.2, 0.25) is 5.91 Å². The Balaban J connectivity index is 1.88. The number of carbonyl (C=O) groups excluding carboxylic acids is 1. The Morgan fingerprint density at radius 3 is 2.36 bits per heavy atom. The van der Waals surface area contributed by atoms with Gasteiger partial charge in [0.25, 0.3) is 5.17 Å². The lowest BCUT2D eigenvalue weighted by atomic mass is 9.98. The van der Waals surface area contributed by atoms with E-state index in [2.05, 4.69) is 0 Å². The van der Waals surface area contributed by atoms with Gasteiger partial charge in [-0.15, -0.1) is 0 Å². The van der Waals surface area contributed by atoms with E-state index >= 15 is 0 Å². The third kappa shape index (κ3) is 2.74. The summed E-state index contributed by atoms with van der Waals surface area (Å²) in [7, 11) is 0. The molecule has 2 atom stereocenters. The molecule has 0 unspecified atom stereocenters. The van der Waals surface area contributed by atoms with Gasteiger partial charge in [-0.25, -0.2) is 0 Å². The van der Waals surface area contributed by atoms with Crippen molar-refractivity contribution in [2.45, 2.75) is 18.9 Å². The normalized spacial score (nSPS) is 18.9. The number of thiocarbonyl (C=S) groups is 1. The molecule has 1 aliphatic rings. The fraction of sp³-hybridized carbons (Fsp3) is 0.222. The lowest BCUT2D eigenvalue weighted by Gasteiger charge is -2.24. The maximum atomic E-state index is 12.9. The van der Waals surface area contributed by atoms with Crippen LogP contribution < -0.4 is 0 Å². The van der Waals surface area contributed by atoms with Gasteiger partial charge in [0.05, 0.1) is 12.0 Å².